The van der Waals surface area contributed by atoms with E-state index in [-0.39, 0.29) is 18.1 Å². The van der Waals surface area contributed by atoms with E-state index in [2.05, 4.69) is 5.32 Å². The molecule has 0 spiro atoms. The van der Waals surface area contributed by atoms with Gasteiger partial charge in [-0.1, -0.05) is 6.92 Å². The van der Waals surface area contributed by atoms with Crippen LogP contribution in [0.25, 0.3) is 0 Å². The quantitative estimate of drug-likeness (QED) is 0.654. The van der Waals surface area contributed by atoms with Gasteiger partial charge < -0.3 is 15.8 Å². The van der Waals surface area contributed by atoms with Crippen LogP contribution in [0.5, 0.6) is 0 Å². The van der Waals surface area contributed by atoms with Gasteiger partial charge in [0.25, 0.3) is 0 Å². The van der Waals surface area contributed by atoms with Crippen LogP contribution in [0, 0.1) is 5.92 Å². The molecule has 1 fully saturated rings. The summed E-state index contributed by atoms with van der Waals surface area (Å²) >= 11 is 0. The number of nitrogens with one attached hydrogen (secondary N) is 1. The molecule has 0 radical (unpaired) electrons. The molecule has 1 aliphatic rings. The molecule has 1 rings (SSSR count). The lowest BCUT2D eigenvalue weighted by atomic mass is 10.0. The summed E-state index contributed by atoms with van der Waals surface area (Å²) in [6, 6.07) is 0. The predicted molar refractivity (Wildman–Crippen MR) is 59.4 cm³/mol. The molecule has 0 aromatic rings. The van der Waals surface area contributed by atoms with E-state index in [9.17, 15) is 4.79 Å². The Morgan fingerprint density at radius 3 is 2.80 bits per heavy atom. The maximum absolute atomic E-state index is 11.3. The minimum Gasteiger partial charge on any atom is -0.370 e. The molecule has 0 saturated heterocycles. The number of carbonyl (C=O) groups excluding carboxylic acids is 1. The lowest BCUT2D eigenvalue weighted by Gasteiger charge is -2.21. The van der Waals surface area contributed by atoms with Crippen molar-refractivity contribution in [3.05, 3.63) is 0 Å². The molecular formula is C11H22N2O2. The van der Waals surface area contributed by atoms with E-state index in [0.717, 1.165) is 13.0 Å². The second kappa shape index (κ2) is 5.47. The van der Waals surface area contributed by atoms with Crippen molar-refractivity contribution in [2.45, 2.75) is 38.6 Å². The number of hydrogen-bond donors (Lipinski definition) is 2. The SMILES string of the molecule is CCC(C)(N)COCC(=O)NCC1CC1. The summed E-state index contributed by atoms with van der Waals surface area (Å²) in [6.45, 7) is 5.29. The molecule has 1 amide bonds. The molecule has 88 valence electrons. The van der Waals surface area contributed by atoms with Crippen LogP contribution >= 0.6 is 0 Å². The number of rotatable bonds is 7. The molecule has 1 saturated carbocycles. The van der Waals surface area contributed by atoms with Crippen LogP contribution in [0.15, 0.2) is 0 Å². The highest BCUT2D eigenvalue weighted by Crippen LogP contribution is 2.27. The van der Waals surface area contributed by atoms with Crippen molar-refractivity contribution < 1.29 is 9.53 Å². The van der Waals surface area contributed by atoms with Crippen molar-refractivity contribution in [3.63, 3.8) is 0 Å². The van der Waals surface area contributed by atoms with Gasteiger partial charge in [-0.3, -0.25) is 4.79 Å². The summed E-state index contributed by atoms with van der Waals surface area (Å²) in [7, 11) is 0. The zero-order chi connectivity index (χ0) is 11.3. The molecule has 4 heteroatoms. The molecule has 4 nitrogen and oxygen atoms in total. The van der Waals surface area contributed by atoms with Crippen molar-refractivity contribution in [3.8, 4) is 0 Å². The van der Waals surface area contributed by atoms with Gasteiger partial charge in [-0.25, -0.2) is 0 Å². The monoisotopic (exact) mass is 214 g/mol. The minimum atomic E-state index is -0.323. The Morgan fingerprint density at radius 2 is 2.27 bits per heavy atom. The van der Waals surface area contributed by atoms with Gasteiger partial charge in [-0.05, 0) is 32.1 Å². The van der Waals surface area contributed by atoms with E-state index in [1.807, 2.05) is 13.8 Å². The summed E-state index contributed by atoms with van der Waals surface area (Å²) in [5, 5.41) is 2.84. The average Bonchev–Trinajstić information content (AvgIpc) is 2.98. The van der Waals surface area contributed by atoms with Gasteiger partial charge >= 0.3 is 0 Å². The third-order valence-electron chi connectivity index (χ3n) is 2.76. The van der Waals surface area contributed by atoms with E-state index in [4.69, 9.17) is 10.5 Å². The minimum absolute atomic E-state index is 0.0335. The maximum atomic E-state index is 11.3. The smallest absolute Gasteiger partial charge is 0.246 e. The van der Waals surface area contributed by atoms with Crippen LogP contribution in [0.2, 0.25) is 0 Å². The van der Waals surface area contributed by atoms with Crippen LogP contribution in [0.1, 0.15) is 33.1 Å². The molecule has 0 aliphatic heterocycles. The van der Waals surface area contributed by atoms with Crippen molar-refractivity contribution in [1.82, 2.24) is 5.32 Å². The highest BCUT2D eigenvalue weighted by Gasteiger charge is 2.21. The molecule has 0 bridgehead atoms. The molecule has 1 atom stereocenters. The average molecular weight is 214 g/mol. The summed E-state index contributed by atoms with van der Waals surface area (Å²) in [4.78, 5) is 11.3. The Balaban J connectivity index is 2.00. The first kappa shape index (κ1) is 12.5. The Labute approximate surface area is 91.5 Å². The van der Waals surface area contributed by atoms with Crippen molar-refractivity contribution in [2.75, 3.05) is 19.8 Å². The Hall–Kier alpha value is -0.610. The standard InChI is InChI=1S/C11H22N2O2/c1-3-11(2,12)8-15-7-10(14)13-6-9-4-5-9/h9H,3-8,12H2,1-2H3,(H,13,14). The first-order chi connectivity index (χ1) is 7.03. The molecule has 3 N–H and O–H groups in total. The highest BCUT2D eigenvalue weighted by molar-refractivity contribution is 5.77. The third-order valence-corrected chi connectivity index (χ3v) is 2.76. The second-order valence-corrected chi connectivity index (χ2v) is 4.75. The van der Waals surface area contributed by atoms with Crippen LogP contribution in [0.4, 0.5) is 0 Å². The van der Waals surface area contributed by atoms with Crippen molar-refractivity contribution in [1.29, 1.82) is 0 Å². The second-order valence-electron chi connectivity index (χ2n) is 4.75. The summed E-state index contributed by atoms with van der Waals surface area (Å²) in [5.74, 6) is 0.679. The van der Waals surface area contributed by atoms with Crippen molar-refractivity contribution >= 4 is 5.91 Å². The first-order valence-corrected chi connectivity index (χ1v) is 5.67. The van der Waals surface area contributed by atoms with Crippen LogP contribution in [-0.4, -0.2) is 31.2 Å². The van der Waals surface area contributed by atoms with E-state index in [0.29, 0.717) is 12.5 Å². The zero-order valence-electron chi connectivity index (χ0n) is 9.71. The Morgan fingerprint density at radius 1 is 1.60 bits per heavy atom. The lowest BCUT2D eigenvalue weighted by Crippen LogP contribution is -2.41. The molecule has 15 heavy (non-hydrogen) atoms. The number of hydrogen-bond acceptors (Lipinski definition) is 3. The number of amides is 1. The molecular weight excluding hydrogens is 192 g/mol. The van der Waals surface area contributed by atoms with Gasteiger partial charge in [-0.2, -0.15) is 0 Å². The molecule has 1 unspecified atom stereocenters. The normalized spacial score (nSPS) is 19.7. The van der Waals surface area contributed by atoms with Gasteiger partial charge in [0, 0.05) is 12.1 Å². The Bertz CT molecular complexity index is 213. The van der Waals surface area contributed by atoms with Crippen LogP contribution in [0.3, 0.4) is 0 Å². The fourth-order valence-corrected chi connectivity index (χ4v) is 1.11. The number of nitrogens with two attached hydrogens (primary N) is 1. The Kier molecular flexibility index (Phi) is 4.54. The van der Waals surface area contributed by atoms with Crippen LogP contribution in [-0.2, 0) is 9.53 Å². The summed E-state index contributed by atoms with van der Waals surface area (Å²) in [5.41, 5.74) is 5.56. The van der Waals surface area contributed by atoms with Gasteiger partial charge in [-0.15, -0.1) is 0 Å². The fraction of sp³-hybridized carbons (Fsp3) is 0.909. The predicted octanol–water partition coefficient (Wildman–Crippen LogP) is 0.657. The number of ether oxygens (including phenoxy) is 1. The topological polar surface area (TPSA) is 64.3 Å². The molecule has 0 aromatic heterocycles. The molecule has 0 heterocycles. The first-order valence-electron chi connectivity index (χ1n) is 5.67. The van der Waals surface area contributed by atoms with Gasteiger partial charge in [0.15, 0.2) is 0 Å². The maximum Gasteiger partial charge on any atom is 0.246 e. The number of carbonyl (C=O) groups is 1. The van der Waals surface area contributed by atoms with Gasteiger partial charge in [0.05, 0.1) is 6.61 Å². The zero-order valence-corrected chi connectivity index (χ0v) is 9.71. The third kappa shape index (κ3) is 5.74. The lowest BCUT2D eigenvalue weighted by molar-refractivity contribution is -0.126. The van der Waals surface area contributed by atoms with Gasteiger partial charge in [0.1, 0.15) is 6.61 Å². The van der Waals surface area contributed by atoms with E-state index in [1.165, 1.54) is 12.8 Å². The summed E-state index contributed by atoms with van der Waals surface area (Å²) < 4.78 is 5.27. The molecule has 1 aliphatic carbocycles. The van der Waals surface area contributed by atoms with Gasteiger partial charge in [0.2, 0.25) is 5.91 Å². The van der Waals surface area contributed by atoms with E-state index in [1.54, 1.807) is 0 Å². The van der Waals surface area contributed by atoms with Crippen molar-refractivity contribution in [2.24, 2.45) is 11.7 Å². The fourth-order valence-electron chi connectivity index (χ4n) is 1.11. The highest BCUT2D eigenvalue weighted by atomic mass is 16.5. The summed E-state index contributed by atoms with van der Waals surface area (Å²) in [6.07, 6.45) is 3.34. The van der Waals surface area contributed by atoms with E-state index < -0.39 is 0 Å². The molecule has 0 aromatic carbocycles. The largest absolute Gasteiger partial charge is 0.370 e. The van der Waals surface area contributed by atoms with E-state index >= 15 is 0 Å². The van der Waals surface area contributed by atoms with Crippen LogP contribution < -0.4 is 11.1 Å².